The molecular weight excluding hydrogens is 530 g/mol. The molecule has 1 amide bonds. The van der Waals surface area contributed by atoms with Crippen molar-refractivity contribution < 1.29 is 31.1 Å². The summed E-state index contributed by atoms with van der Waals surface area (Å²) in [5.74, 6) is -0.0713. The quantitative estimate of drug-likeness (QED) is 0.442. The number of sulfonamides is 2. The third kappa shape index (κ3) is 6.88. The SMILES string of the molecule is Cc1ccc(N(C(C)C(=O)NCCOc2ccc(S(=O)(=O)N3CCOCC3)cc2)S(C)(=O)=O)cc1Cl. The van der Waals surface area contributed by atoms with Crippen LogP contribution in [-0.2, 0) is 29.6 Å². The molecule has 0 aromatic heterocycles. The molecule has 1 fully saturated rings. The number of benzene rings is 2. The smallest absolute Gasteiger partial charge is 0.243 e. The molecule has 198 valence electrons. The number of carbonyl (C=O) groups is 1. The Hall–Kier alpha value is -2.38. The summed E-state index contributed by atoms with van der Waals surface area (Å²) in [4.78, 5) is 12.8. The molecule has 0 spiro atoms. The first kappa shape index (κ1) is 28.2. The molecule has 1 heterocycles. The normalized spacial score (nSPS) is 15.8. The summed E-state index contributed by atoms with van der Waals surface area (Å²) in [5, 5.41) is 3.06. The van der Waals surface area contributed by atoms with Crippen molar-refractivity contribution in [3.63, 3.8) is 0 Å². The molecule has 10 nitrogen and oxygen atoms in total. The van der Waals surface area contributed by atoms with Gasteiger partial charge in [-0.1, -0.05) is 17.7 Å². The van der Waals surface area contributed by atoms with Crippen molar-refractivity contribution in [3.05, 3.63) is 53.1 Å². The minimum absolute atomic E-state index is 0.100. The molecule has 0 bridgehead atoms. The van der Waals surface area contributed by atoms with Gasteiger partial charge < -0.3 is 14.8 Å². The maximum absolute atomic E-state index is 12.7. The second-order valence-electron chi connectivity index (χ2n) is 8.30. The number of hydrogen-bond acceptors (Lipinski definition) is 7. The predicted octanol–water partition coefficient (Wildman–Crippen LogP) is 2.02. The first-order chi connectivity index (χ1) is 16.9. The van der Waals surface area contributed by atoms with Crippen LogP contribution in [0.3, 0.4) is 0 Å². The lowest BCUT2D eigenvalue weighted by atomic mass is 10.2. The minimum atomic E-state index is -3.77. The van der Waals surface area contributed by atoms with Gasteiger partial charge in [0.1, 0.15) is 18.4 Å². The Kier molecular flexibility index (Phi) is 9.23. The Morgan fingerprint density at radius 3 is 2.36 bits per heavy atom. The molecular formula is C23H30ClN3O7S2. The minimum Gasteiger partial charge on any atom is -0.492 e. The van der Waals surface area contributed by atoms with Crippen LogP contribution in [0.15, 0.2) is 47.4 Å². The fraction of sp³-hybridized carbons (Fsp3) is 0.435. The monoisotopic (exact) mass is 559 g/mol. The number of hydrogen-bond donors (Lipinski definition) is 1. The fourth-order valence-electron chi connectivity index (χ4n) is 3.66. The predicted molar refractivity (Wildman–Crippen MR) is 137 cm³/mol. The van der Waals surface area contributed by atoms with Gasteiger partial charge in [0.25, 0.3) is 0 Å². The van der Waals surface area contributed by atoms with Crippen LogP contribution in [0.2, 0.25) is 5.02 Å². The Morgan fingerprint density at radius 2 is 1.78 bits per heavy atom. The molecule has 0 radical (unpaired) electrons. The molecule has 2 aromatic rings. The third-order valence-electron chi connectivity index (χ3n) is 5.60. The summed E-state index contributed by atoms with van der Waals surface area (Å²) in [6.45, 7) is 4.85. The zero-order valence-electron chi connectivity index (χ0n) is 20.3. The van der Waals surface area contributed by atoms with E-state index in [1.807, 2.05) is 0 Å². The summed E-state index contributed by atoms with van der Waals surface area (Å²) < 4.78 is 63.4. The number of morpholine rings is 1. The van der Waals surface area contributed by atoms with Crippen LogP contribution in [0.25, 0.3) is 0 Å². The van der Waals surface area contributed by atoms with Gasteiger partial charge in [-0.25, -0.2) is 16.8 Å². The Bertz CT molecular complexity index is 1280. The largest absolute Gasteiger partial charge is 0.492 e. The van der Waals surface area contributed by atoms with E-state index in [1.54, 1.807) is 31.2 Å². The van der Waals surface area contributed by atoms with E-state index in [9.17, 15) is 21.6 Å². The molecule has 1 aliphatic heterocycles. The molecule has 13 heteroatoms. The van der Waals surface area contributed by atoms with Crippen LogP contribution >= 0.6 is 11.6 Å². The van der Waals surface area contributed by atoms with Gasteiger partial charge in [-0.05, 0) is 55.8 Å². The second-order valence-corrected chi connectivity index (χ2v) is 12.5. The lowest BCUT2D eigenvalue weighted by molar-refractivity contribution is -0.121. The molecule has 1 atom stereocenters. The number of carbonyl (C=O) groups excluding carboxylic acids is 1. The van der Waals surface area contributed by atoms with Gasteiger partial charge in [0.2, 0.25) is 26.0 Å². The molecule has 3 rings (SSSR count). The number of nitrogens with one attached hydrogen (secondary N) is 1. The lowest BCUT2D eigenvalue weighted by Crippen LogP contribution is -2.48. The van der Waals surface area contributed by atoms with Crippen molar-refractivity contribution >= 4 is 43.2 Å². The number of ether oxygens (including phenoxy) is 2. The molecule has 2 aromatic carbocycles. The zero-order valence-corrected chi connectivity index (χ0v) is 22.7. The van der Waals surface area contributed by atoms with Gasteiger partial charge in [0.15, 0.2) is 0 Å². The van der Waals surface area contributed by atoms with Crippen molar-refractivity contribution in [2.45, 2.75) is 24.8 Å². The van der Waals surface area contributed by atoms with E-state index >= 15 is 0 Å². The number of anilines is 1. The van der Waals surface area contributed by atoms with Gasteiger partial charge >= 0.3 is 0 Å². The van der Waals surface area contributed by atoms with Gasteiger partial charge in [0.05, 0.1) is 36.6 Å². The Morgan fingerprint density at radius 1 is 1.14 bits per heavy atom. The molecule has 36 heavy (non-hydrogen) atoms. The van der Waals surface area contributed by atoms with E-state index in [0.717, 1.165) is 16.1 Å². The highest BCUT2D eigenvalue weighted by molar-refractivity contribution is 7.92. The topological polar surface area (TPSA) is 122 Å². The molecule has 1 saturated heterocycles. The Balaban J connectivity index is 1.55. The van der Waals surface area contributed by atoms with E-state index in [4.69, 9.17) is 21.1 Å². The second kappa shape index (κ2) is 11.8. The molecule has 0 aliphatic carbocycles. The molecule has 1 N–H and O–H groups in total. The molecule has 1 aliphatic rings. The highest BCUT2D eigenvalue weighted by atomic mass is 35.5. The van der Waals surface area contributed by atoms with Crippen LogP contribution < -0.4 is 14.4 Å². The molecule has 1 unspecified atom stereocenters. The average Bonchev–Trinajstić information content (AvgIpc) is 2.84. The number of halogens is 1. The summed E-state index contributed by atoms with van der Waals surface area (Å²) in [6, 6.07) is 9.80. The fourth-order valence-corrected chi connectivity index (χ4v) is 6.41. The van der Waals surface area contributed by atoms with E-state index in [0.29, 0.717) is 42.8 Å². The van der Waals surface area contributed by atoms with Crippen molar-refractivity contribution in [3.8, 4) is 5.75 Å². The van der Waals surface area contributed by atoms with Gasteiger partial charge in [0, 0.05) is 18.1 Å². The van der Waals surface area contributed by atoms with E-state index < -0.39 is 32.0 Å². The number of amides is 1. The van der Waals surface area contributed by atoms with Gasteiger partial charge in [-0.3, -0.25) is 9.10 Å². The van der Waals surface area contributed by atoms with Crippen molar-refractivity contribution in [1.82, 2.24) is 9.62 Å². The zero-order chi connectivity index (χ0) is 26.5. The maximum atomic E-state index is 12.7. The number of nitrogens with zero attached hydrogens (tertiary/aromatic N) is 2. The van der Waals surface area contributed by atoms with E-state index in [1.165, 1.54) is 29.4 Å². The number of aryl methyl sites for hydroxylation is 1. The summed E-state index contributed by atoms with van der Waals surface area (Å²) in [5.41, 5.74) is 1.08. The van der Waals surface area contributed by atoms with Crippen LogP contribution in [-0.4, -0.2) is 78.8 Å². The third-order valence-corrected chi connectivity index (χ3v) is 9.16. The maximum Gasteiger partial charge on any atom is 0.243 e. The Labute approximate surface area is 217 Å². The van der Waals surface area contributed by atoms with Gasteiger partial charge in [-0.2, -0.15) is 4.31 Å². The standard InChI is InChI=1S/C23H30ClN3O7S2/c1-17-4-5-19(16-22(17)24)27(35(3,29)30)18(2)23(28)25-10-13-34-20-6-8-21(9-7-20)36(31,32)26-11-14-33-15-12-26/h4-9,16,18H,10-15H2,1-3H3,(H,25,28). The number of rotatable bonds is 10. The summed E-state index contributed by atoms with van der Waals surface area (Å²) >= 11 is 6.15. The van der Waals surface area contributed by atoms with Crippen molar-refractivity contribution in [1.29, 1.82) is 0 Å². The highest BCUT2D eigenvalue weighted by Gasteiger charge is 2.29. The van der Waals surface area contributed by atoms with Crippen LogP contribution in [0.4, 0.5) is 5.69 Å². The van der Waals surface area contributed by atoms with Crippen LogP contribution in [0.1, 0.15) is 12.5 Å². The molecule has 0 saturated carbocycles. The van der Waals surface area contributed by atoms with Gasteiger partial charge in [-0.15, -0.1) is 0 Å². The summed E-state index contributed by atoms with van der Waals surface area (Å²) in [6.07, 6.45) is 1.02. The average molecular weight is 560 g/mol. The van der Waals surface area contributed by atoms with E-state index in [2.05, 4.69) is 5.32 Å². The van der Waals surface area contributed by atoms with Crippen molar-refractivity contribution in [2.24, 2.45) is 0 Å². The van der Waals surface area contributed by atoms with Crippen LogP contribution in [0, 0.1) is 6.92 Å². The van der Waals surface area contributed by atoms with Crippen molar-refractivity contribution in [2.75, 3.05) is 50.0 Å². The van der Waals surface area contributed by atoms with Crippen LogP contribution in [0.5, 0.6) is 5.75 Å². The first-order valence-corrected chi connectivity index (χ1v) is 14.9. The lowest BCUT2D eigenvalue weighted by Gasteiger charge is -2.28. The van der Waals surface area contributed by atoms with E-state index in [-0.39, 0.29) is 18.0 Å². The highest BCUT2D eigenvalue weighted by Crippen LogP contribution is 2.26. The first-order valence-electron chi connectivity index (χ1n) is 11.3. The summed E-state index contributed by atoms with van der Waals surface area (Å²) in [7, 11) is -7.36.